The van der Waals surface area contributed by atoms with Crippen LogP contribution in [0.2, 0.25) is 0 Å². The minimum Gasteiger partial charge on any atom is -0.370 e. The number of hydrogen-bond donors (Lipinski definition) is 3. The van der Waals surface area contributed by atoms with Crippen molar-refractivity contribution in [3.63, 3.8) is 0 Å². The Hall–Kier alpha value is -2.31. The van der Waals surface area contributed by atoms with Gasteiger partial charge in [-0.15, -0.1) is 12.4 Å². The van der Waals surface area contributed by atoms with Crippen molar-refractivity contribution in [1.82, 2.24) is 9.88 Å². The molecule has 0 atom stereocenters. The van der Waals surface area contributed by atoms with E-state index in [4.69, 9.17) is 11.1 Å². The van der Waals surface area contributed by atoms with Crippen molar-refractivity contribution in [3.05, 3.63) is 70.3 Å². The predicted molar refractivity (Wildman–Crippen MR) is 101 cm³/mol. The van der Waals surface area contributed by atoms with Gasteiger partial charge in [0.1, 0.15) is 5.69 Å². The molecule has 124 valence electrons. The maximum atomic E-state index is 12.7. The summed E-state index contributed by atoms with van der Waals surface area (Å²) in [5.41, 5.74) is 7.80. The van der Waals surface area contributed by atoms with Crippen molar-refractivity contribution in [2.24, 2.45) is 5.73 Å². The Morgan fingerprint density at radius 1 is 1.17 bits per heavy atom. The van der Waals surface area contributed by atoms with E-state index in [0.717, 1.165) is 20.9 Å². The molecule has 0 aliphatic heterocycles. The summed E-state index contributed by atoms with van der Waals surface area (Å²) in [6.45, 7) is 0.247. The van der Waals surface area contributed by atoms with Gasteiger partial charge in [0.15, 0.2) is 5.96 Å². The molecular formula is C17H16BrClN4O. The molecular weight excluding hydrogens is 392 g/mol. The second-order valence-corrected chi connectivity index (χ2v) is 6.09. The van der Waals surface area contributed by atoms with Crippen LogP contribution in [0.25, 0.3) is 10.9 Å². The van der Waals surface area contributed by atoms with Gasteiger partial charge in [0.2, 0.25) is 0 Å². The fourth-order valence-electron chi connectivity index (χ4n) is 2.37. The van der Waals surface area contributed by atoms with Crippen molar-refractivity contribution in [2.45, 2.75) is 6.54 Å². The molecule has 5 nitrogen and oxygen atoms in total. The second-order valence-electron chi connectivity index (χ2n) is 5.17. The smallest absolute Gasteiger partial charge is 0.277 e. The number of benzene rings is 2. The van der Waals surface area contributed by atoms with Gasteiger partial charge in [-0.05, 0) is 29.8 Å². The third-order valence-corrected chi connectivity index (χ3v) is 4.08. The number of para-hydroxylation sites is 1. The van der Waals surface area contributed by atoms with Crippen LogP contribution >= 0.6 is 28.3 Å². The third-order valence-electron chi connectivity index (χ3n) is 3.55. The number of guanidine groups is 1. The molecule has 24 heavy (non-hydrogen) atoms. The van der Waals surface area contributed by atoms with Crippen LogP contribution in [0, 0.1) is 5.41 Å². The number of nitrogens with two attached hydrogens (primary N) is 1. The molecule has 1 amide bonds. The number of nitrogens with zero attached hydrogens (tertiary/aromatic N) is 1. The number of rotatable bonds is 3. The van der Waals surface area contributed by atoms with Crippen LogP contribution in [-0.2, 0) is 6.54 Å². The highest BCUT2D eigenvalue weighted by atomic mass is 79.9. The van der Waals surface area contributed by atoms with Gasteiger partial charge in [-0.1, -0.05) is 46.3 Å². The van der Waals surface area contributed by atoms with Crippen LogP contribution in [0.15, 0.2) is 59.1 Å². The Kier molecular flexibility index (Phi) is 5.64. The zero-order valence-electron chi connectivity index (χ0n) is 12.6. The lowest BCUT2D eigenvalue weighted by Gasteiger charge is -2.20. The molecule has 4 N–H and O–H groups in total. The summed E-state index contributed by atoms with van der Waals surface area (Å²) in [4.78, 5) is 17.0. The van der Waals surface area contributed by atoms with E-state index in [0.29, 0.717) is 5.69 Å². The van der Waals surface area contributed by atoms with Gasteiger partial charge in [-0.3, -0.25) is 15.1 Å². The van der Waals surface area contributed by atoms with Crippen molar-refractivity contribution >= 4 is 51.1 Å². The van der Waals surface area contributed by atoms with E-state index in [9.17, 15) is 4.79 Å². The van der Waals surface area contributed by atoms with Crippen LogP contribution in [0.3, 0.4) is 0 Å². The molecule has 2 aromatic carbocycles. The molecule has 0 aliphatic carbocycles. The molecule has 0 aliphatic rings. The van der Waals surface area contributed by atoms with Crippen LogP contribution in [0.5, 0.6) is 0 Å². The van der Waals surface area contributed by atoms with E-state index in [1.165, 1.54) is 4.90 Å². The molecule has 1 heterocycles. The molecule has 1 aromatic heterocycles. The number of carbonyl (C=O) groups is 1. The number of fused-ring (bicyclic) bond motifs is 1. The first-order valence-corrected chi connectivity index (χ1v) is 7.82. The van der Waals surface area contributed by atoms with E-state index in [1.807, 2.05) is 48.5 Å². The predicted octanol–water partition coefficient (Wildman–Crippen LogP) is 3.89. The molecule has 0 radical (unpaired) electrons. The Morgan fingerprint density at radius 3 is 2.46 bits per heavy atom. The number of nitrogens with one attached hydrogen (secondary N) is 2. The molecule has 0 spiro atoms. The van der Waals surface area contributed by atoms with Crippen molar-refractivity contribution in [2.75, 3.05) is 0 Å². The Balaban J connectivity index is 0.00000208. The number of carbonyl (C=O) groups excluding carboxylic acids is 1. The Morgan fingerprint density at radius 2 is 1.83 bits per heavy atom. The van der Waals surface area contributed by atoms with E-state index in [2.05, 4.69) is 20.9 Å². The first-order valence-electron chi connectivity index (χ1n) is 7.02. The lowest BCUT2D eigenvalue weighted by molar-refractivity contribution is 0.0833. The monoisotopic (exact) mass is 406 g/mol. The van der Waals surface area contributed by atoms with Crippen molar-refractivity contribution in [3.8, 4) is 0 Å². The number of aromatic amines is 1. The van der Waals surface area contributed by atoms with Gasteiger partial charge in [0.25, 0.3) is 5.91 Å². The maximum Gasteiger partial charge on any atom is 0.277 e. The van der Waals surface area contributed by atoms with Gasteiger partial charge in [-0.25, -0.2) is 0 Å². The molecule has 0 saturated carbocycles. The summed E-state index contributed by atoms with van der Waals surface area (Å²) >= 11 is 3.37. The first-order chi connectivity index (χ1) is 11.0. The topological polar surface area (TPSA) is 86.0 Å². The number of H-pyrrole nitrogens is 1. The maximum absolute atomic E-state index is 12.7. The van der Waals surface area contributed by atoms with Gasteiger partial charge in [-0.2, -0.15) is 0 Å². The Bertz CT molecular complexity index is 843. The van der Waals surface area contributed by atoms with Crippen LogP contribution in [-0.4, -0.2) is 21.8 Å². The zero-order valence-corrected chi connectivity index (χ0v) is 15.0. The number of amides is 1. The van der Waals surface area contributed by atoms with Gasteiger partial charge in [0.05, 0.1) is 6.54 Å². The summed E-state index contributed by atoms with van der Waals surface area (Å²) in [7, 11) is 0. The van der Waals surface area contributed by atoms with Crippen molar-refractivity contribution in [1.29, 1.82) is 5.41 Å². The van der Waals surface area contributed by atoms with Crippen LogP contribution in [0.1, 0.15) is 16.1 Å². The highest BCUT2D eigenvalue weighted by molar-refractivity contribution is 9.10. The lowest BCUT2D eigenvalue weighted by Crippen LogP contribution is -2.40. The fourth-order valence-corrected chi connectivity index (χ4v) is 2.64. The summed E-state index contributed by atoms with van der Waals surface area (Å²) in [5.74, 6) is -0.604. The highest BCUT2D eigenvalue weighted by Gasteiger charge is 2.20. The quantitative estimate of drug-likeness (QED) is 0.454. The lowest BCUT2D eigenvalue weighted by atomic mass is 10.2. The molecule has 0 fully saturated rings. The van der Waals surface area contributed by atoms with Gasteiger partial charge < -0.3 is 10.7 Å². The fraction of sp³-hybridized carbons (Fsp3) is 0.0588. The SMILES string of the molecule is Cl.N=C(N)N(Cc1ccc(Br)cc1)C(=O)c1cc2ccccc2[nH]1. The van der Waals surface area contributed by atoms with E-state index >= 15 is 0 Å². The number of hydrogen-bond acceptors (Lipinski definition) is 2. The van der Waals surface area contributed by atoms with Crippen LogP contribution < -0.4 is 5.73 Å². The van der Waals surface area contributed by atoms with E-state index in [-0.39, 0.29) is 30.8 Å². The second kappa shape index (κ2) is 7.51. The largest absolute Gasteiger partial charge is 0.370 e. The highest BCUT2D eigenvalue weighted by Crippen LogP contribution is 2.18. The molecule has 3 rings (SSSR count). The van der Waals surface area contributed by atoms with Crippen molar-refractivity contribution < 1.29 is 4.79 Å². The summed E-state index contributed by atoms with van der Waals surface area (Å²) in [5, 5.41) is 8.66. The van der Waals surface area contributed by atoms with E-state index in [1.54, 1.807) is 6.07 Å². The molecule has 0 saturated heterocycles. The van der Waals surface area contributed by atoms with Gasteiger partial charge >= 0.3 is 0 Å². The molecule has 0 bridgehead atoms. The first kappa shape index (κ1) is 18.0. The number of aromatic nitrogens is 1. The molecule has 0 unspecified atom stereocenters. The average Bonchev–Trinajstić information content (AvgIpc) is 2.97. The standard InChI is InChI=1S/C17H15BrN4O.ClH/c18-13-7-5-11(6-8-13)10-22(17(19)20)16(23)15-9-12-3-1-2-4-14(12)21-15;/h1-9,21H,10H2,(H3,19,20);1H. The normalized spacial score (nSPS) is 10.2. The van der Waals surface area contributed by atoms with Crippen LogP contribution in [0.4, 0.5) is 0 Å². The van der Waals surface area contributed by atoms with E-state index < -0.39 is 0 Å². The minimum absolute atomic E-state index is 0. The Labute approximate surface area is 153 Å². The third kappa shape index (κ3) is 3.77. The van der Waals surface area contributed by atoms with Gasteiger partial charge in [0, 0.05) is 15.4 Å². The number of halogens is 2. The zero-order chi connectivity index (χ0) is 16.4. The minimum atomic E-state index is -0.323. The average molecular weight is 408 g/mol. The molecule has 7 heteroatoms. The molecule has 3 aromatic rings. The summed E-state index contributed by atoms with van der Waals surface area (Å²) in [6.07, 6.45) is 0. The summed E-state index contributed by atoms with van der Waals surface area (Å²) in [6, 6.07) is 17.0. The summed E-state index contributed by atoms with van der Waals surface area (Å²) < 4.78 is 0.956.